The molecule has 0 aliphatic heterocycles. The first kappa shape index (κ1) is 17.5. The average Bonchev–Trinajstić information content (AvgIpc) is 3.20. The molecule has 1 heteroatoms. The van der Waals surface area contributed by atoms with Gasteiger partial charge in [-0.25, -0.2) is 0 Å². The van der Waals surface area contributed by atoms with Crippen molar-refractivity contribution >= 4 is 21.5 Å². The van der Waals surface area contributed by atoms with Crippen LogP contribution in [-0.4, -0.2) is 4.98 Å². The molecule has 0 spiro atoms. The average molecular weight is 406 g/mol. The van der Waals surface area contributed by atoms with Gasteiger partial charge in [-0.1, -0.05) is 84.9 Å². The van der Waals surface area contributed by atoms with Crippen molar-refractivity contribution in [3.63, 3.8) is 0 Å². The fraction of sp³-hybridized carbons (Fsp3) is 0. The summed E-state index contributed by atoms with van der Waals surface area (Å²) in [6, 6.07) is 37.6. The minimum absolute atomic E-state index is 1.17. The number of aromatic nitrogens is 1. The molecule has 1 heterocycles. The van der Waals surface area contributed by atoms with Crippen LogP contribution in [0.4, 0.5) is 0 Å². The highest BCUT2D eigenvalue weighted by molar-refractivity contribution is 6.18. The predicted molar refractivity (Wildman–Crippen MR) is 135 cm³/mol. The zero-order valence-electron chi connectivity index (χ0n) is 17.4. The number of hydrogen-bond acceptors (Lipinski definition) is 1. The van der Waals surface area contributed by atoms with Gasteiger partial charge in [0.2, 0.25) is 0 Å². The topological polar surface area (TPSA) is 12.9 Å². The van der Waals surface area contributed by atoms with Gasteiger partial charge >= 0.3 is 0 Å². The van der Waals surface area contributed by atoms with Gasteiger partial charge in [-0.05, 0) is 78.9 Å². The van der Waals surface area contributed by atoms with Crippen LogP contribution in [-0.2, 0) is 0 Å². The molecule has 1 nitrogen and oxygen atoms in total. The molecule has 0 atom stereocenters. The summed E-state index contributed by atoms with van der Waals surface area (Å²) < 4.78 is 0. The Morgan fingerprint density at radius 2 is 1.16 bits per heavy atom. The summed E-state index contributed by atoms with van der Waals surface area (Å²) in [7, 11) is 0. The van der Waals surface area contributed by atoms with Gasteiger partial charge in [0.25, 0.3) is 0 Å². The summed E-state index contributed by atoms with van der Waals surface area (Å²) >= 11 is 0. The molecule has 1 aromatic heterocycles. The van der Waals surface area contributed by atoms with E-state index in [1.165, 1.54) is 66.1 Å². The highest BCUT2D eigenvalue weighted by Gasteiger charge is 2.22. The molecular formula is C31H19N. The smallest absolute Gasteiger partial charge is 0.0346 e. The lowest BCUT2D eigenvalue weighted by Gasteiger charge is -2.11. The van der Waals surface area contributed by atoms with Crippen molar-refractivity contribution in [3.05, 3.63) is 116 Å². The fourth-order valence-electron chi connectivity index (χ4n) is 5.19. The number of nitrogens with zero attached hydrogens (tertiary/aromatic N) is 1. The maximum Gasteiger partial charge on any atom is 0.0346 e. The summed E-state index contributed by atoms with van der Waals surface area (Å²) in [6.45, 7) is 0. The SMILES string of the molecule is c1cc(-c2ccc3cnccc3c2)cc(-c2ccc3c4c(cccc24)-c2ccccc2-3)c1. The van der Waals surface area contributed by atoms with Crippen molar-refractivity contribution < 1.29 is 0 Å². The number of pyridine rings is 1. The van der Waals surface area contributed by atoms with Gasteiger partial charge < -0.3 is 0 Å². The van der Waals surface area contributed by atoms with Gasteiger partial charge in [-0.2, -0.15) is 0 Å². The molecule has 0 N–H and O–H groups in total. The van der Waals surface area contributed by atoms with Crippen LogP contribution in [0, 0.1) is 0 Å². The van der Waals surface area contributed by atoms with E-state index in [4.69, 9.17) is 0 Å². The Labute approximate surface area is 186 Å². The Balaban J connectivity index is 1.42. The lowest BCUT2D eigenvalue weighted by Crippen LogP contribution is -1.85. The molecule has 1 aliphatic carbocycles. The number of rotatable bonds is 2. The molecule has 0 fully saturated rings. The third-order valence-corrected chi connectivity index (χ3v) is 6.70. The number of benzene rings is 5. The normalized spacial score (nSPS) is 11.8. The molecule has 32 heavy (non-hydrogen) atoms. The van der Waals surface area contributed by atoms with Gasteiger partial charge in [0, 0.05) is 17.8 Å². The van der Waals surface area contributed by atoms with Gasteiger partial charge in [0.1, 0.15) is 0 Å². The monoisotopic (exact) mass is 405 g/mol. The molecule has 148 valence electrons. The van der Waals surface area contributed by atoms with Gasteiger partial charge in [0.05, 0.1) is 0 Å². The summed E-state index contributed by atoms with van der Waals surface area (Å²) in [4.78, 5) is 4.23. The zero-order chi connectivity index (χ0) is 21.1. The Morgan fingerprint density at radius 1 is 0.438 bits per heavy atom. The number of hydrogen-bond donors (Lipinski definition) is 0. The van der Waals surface area contributed by atoms with Gasteiger partial charge in [-0.15, -0.1) is 0 Å². The van der Waals surface area contributed by atoms with E-state index in [0.29, 0.717) is 0 Å². The first-order valence-electron chi connectivity index (χ1n) is 11.0. The Kier molecular flexibility index (Phi) is 3.62. The molecule has 1 aliphatic rings. The van der Waals surface area contributed by atoms with E-state index >= 15 is 0 Å². The first-order chi connectivity index (χ1) is 15.9. The molecule has 5 aromatic carbocycles. The minimum atomic E-state index is 1.17. The van der Waals surface area contributed by atoms with Crippen LogP contribution in [0.15, 0.2) is 116 Å². The summed E-state index contributed by atoms with van der Waals surface area (Å²) in [5.74, 6) is 0. The van der Waals surface area contributed by atoms with E-state index in [-0.39, 0.29) is 0 Å². The predicted octanol–water partition coefficient (Wildman–Crippen LogP) is 8.37. The second-order valence-corrected chi connectivity index (χ2v) is 8.45. The van der Waals surface area contributed by atoms with E-state index in [2.05, 4.69) is 108 Å². The molecule has 0 radical (unpaired) electrons. The van der Waals surface area contributed by atoms with Gasteiger partial charge in [0.15, 0.2) is 0 Å². The maximum absolute atomic E-state index is 4.23. The first-order valence-corrected chi connectivity index (χ1v) is 11.0. The van der Waals surface area contributed by atoms with Crippen molar-refractivity contribution in [1.82, 2.24) is 4.98 Å². The molecule has 0 bridgehead atoms. The largest absolute Gasteiger partial charge is 0.264 e. The molecular weight excluding hydrogens is 386 g/mol. The second-order valence-electron chi connectivity index (χ2n) is 8.45. The van der Waals surface area contributed by atoms with E-state index in [1.54, 1.807) is 0 Å². The third-order valence-electron chi connectivity index (χ3n) is 6.70. The number of fused-ring (bicyclic) bond motifs is 4. The van der Waals surface area contributed by atoms with Crippen molar-refractivity contribution in [2.45, 2.75) is 0 Å². The summed E-state index contributed by atoms with van der Waals surface area (Å²) in [5, 5.41) is 5.07. The Hall–Kier alpha value is -4.23. The van der Waals surface area contributed by atoms with Crippen molar-refractivity contribution in [2.24, 2.45) is 0 Å². The van der Waals surface area contributed by atoms with Gasteiger partial charge in [-0.3, -0.25) is 4.98 Å². The third kappa shape index (κ3) is 2.48. The minimum Gasteiger partial charge on any atom is -0.264 e. The maximum atomic E-state index is 4.23. The molecule has 6 aromatic rings. The van der Waals surface area contributed by atoms with Crippen LogP contribution in [0.2, 0.25) is 0 Å². The standard InChI is InChI=1S/C31H19N/c1-2-8-27-26(7-1)29-10-4-9-28-25(13-14-30(27)31(28)29)23-6-3-5-20(18-23)21-11-12-24-19-32-16-15-22(24)17-21/h1-19H. The van der Waals surface area contributed by atoms with Crippen LogP contribution in [0.25, 0.3) is 66.1 Å². The Bertz CT molecular complexity index is 1650. The second kappa shape index (κ2) is 6.63. The van der Waals surface area contributed by atoms with Crippen molar-refractivity contribution in [2.75, 3.05) is 0 Å². The fourth-order valence-corrected chi connectivity index (χ4v) is 5.19. The molecule has 7 rings (SSSR count). The molecule has 0 saturated carbocycles. The molecule has 0 saturated heterocycles. The van der Waals surface area contributed by atoms with Crippen molar-refractivity contribution in [3.8, 4) is 44.5 Å². The van der Waals surface area contributed by atoms with Crippen LogP contribution in [0.5, 0.6) is 0 Å². The van der Waals surface area contributed by atoms with Crippen LogP contribution in [0.3, 0.4) is 0 Å². The highest BCUT2D eigenvalue weighted by Crippen LogP contribution is 2.49. The van der Waals surface area contributed by atoms with Crippen LogP contribution >= 0.6 is 0 Å². The Morgan fingerprint density at radius 3 is 2.06 bits per heavy atom. The highest BCUT2D eigenvalue weighted by atomic mass is 14.6. The van der Waals surface area contributed by atoms with E-state index in [9.17, 15) is 0 Å². The molecule has 0 amide bonds. The van der Waals surface area contributed by atoms with E-state index < -0.39 is 0 Å². The summed E-state index contributed by atoms with van der Waals surface area (Å²) in [5.41, 5.74) is 10.3. The lowest BCUT2D eigenvalue weighted by atomic mass is 9.92. The van der Waals surface area contributed by atoms with Crippen LogP contribution in [0.1, 0.15) is 0 Å². The zero-order valence-corrected chi connectivity index (χ0v) is 17.4. The lowest BCUT2D eigenvalue weighted by molar-refractivity contribution is 1.36. The van der Waals surface area contributed by atoms with E-state index in [1.807, 2.05) is 12.4 Å². The summed E-state index contributed by atoms with van der Waals surface area (Å²) in [6.07, 6.45) is 3.77. The van der Waals surface area contributed by atoms with Crippen molar-refractivity contribution in [1.29, 1.82) is 0 Å². The quantitative estimate of drug-likeness (QED) is 0.281. The van der Waals surface area contributed by atoms with E-state index in [0.717, 1.165) is 0 Å². The van der Waals surface area contributed by atoms with Crippen LogP contribution < -0.4 is 0 Å². The molecule has 0 unspecified atom stereocenters.